The number of carbonyl (C=O) groups is 5. The third-order valence-electron chi connectivity index (χ3n) is 14.7. The van der Waals surface area contributed by atoms with Crippen LogP contribution in [-0.4, -0.2) is 130 Å². The summed E-state index contributed by atoms with van der Waals surface area (Å²) in [6.45, 7) is 16.3. The normalized spacial score (nSPS) is 20.1. The quantitative estimate of drug-likeness (QED) is 0.0971. The van der Waals surface area contributed by atoms with Crippen LogP contribution in [0.2, 0.25) is 0 Å². The Kier molecular flexibility index (Phi) is 14.9. The molecule has 2 fully saturated rings. The molecule has 5 aromatic rings. The number of aromatic nitrogens is 2. The topological polar surface area (TPSA) is 162 Å². The largest absolute Gasteiger partial charge is 0.508 e. The van der Waals surface area contributed by atoms with Crippen molar-refractivity contribution < 1.29 is 33.8 Å². The molecule has 15 nitrogen and oxygen atoms in total. The lowest BCUT2D eigenvalue weighted by Gasteiger charge is -2.36. The Hall–Kier alpha value is -6.45. The van der Waals surface area contributed by atoms with Gasteiger partial charge in [0.1, 0.15) is 17.8 Å². The van der Waals surface area contributed by atoms with E-state index in [0.717, 1.165) is 50.9 Å². The highest BCUT2D eigenvalue weighted by molar-refractivity contribution is 5.97. The molecule has 378 valence electrons. The number of benzene rings is 3. The molecule has 3 aromatic carbocycles. The summed E-state index contributed by atoms with van der Waals surface area (Å²) in [5.41, 5.74) is 11.8. The summed E-state index contributed by atoms with van der Waals surface area (Å²) in [6, 6.07) is 19.1. The molecule has 71 heavy (non-hydrogen) atoms. The lowest BCUT2D eigenvalue weighted by atomic mass is 9.84. The Balaban J connectivity index is 1.17. The highest BCUT2D eigenvalue weighted by atomic mass is 16.5. The lowest BCUT2D eigenvalue weighted by molar-refractivity contribution is -0.155. The second-order valence-corrected chi connectivity index (χ2v) is 21.4. The molecule has 0 unspecified atom stereocenters. The number of nitrogens with zero attached hydrogens (tertiary/aromatic N) is 6. The minimum Gasteiger partial charge on any atom is -0.508 e. The number of amides is 4. The zero-order valence-electron chi connectivity index (χ0n) is 43.0. The smallest absolute Gasteiger partial charge is 0.324 e. The molecule has 3 N–H and O–H groups in total. The number of cyclic esters (lactones) is 1. The predicted octanol–water partition coefficient (Wildman–Crippen LogP) is 6.67. The minimum atomic E-state index is -0.852. The van der Waals surface area contributed by atoms with Crippen LogP contribution in [0.4, 0.5) is 0 Å². The molecular formula is C56H72N8O7. The Labute approximate surface area is 417 Å². The molecule has 5 heterocycles. The van der Waals surface area contributed by atoms with Crippen molar-refractivity contribution in [1.29, 1.82) is 0 Å². The number of likely N-dealkylation sites (N-methyl/N-ethyl adjacent to an activating group) is 1. The first-order valence-electron chi connectivity index (χ1n) is 25.2. The van der Waals surface area contributed by atoms with Gasteiger partial charge in [0.2, 0.25) is 23.6 Å². The Morgan fingerprint density at radius 2 is 1.73 bits per heavy atom. The van der Waals surface area contributed by atoms with E-state index in [9.17, 15) is 29.1 Å². The van der Waals surface area contributed by atoms with E-state index in [4.69, 9.17) is 4.74 Å². The van der Waals surface area contributed by atoms with E-state index >= 15 is 0 Å². The molecule has 0 radical (unpaired) electrons. The molecule has 3 aliphatic heterocycles. The summed E-state index contributed by atoms with van der Waals surface area (Å²) < 4.78 is 10.8. The molecule has 0 saturated carbocycles. The molecule has 8 rings (SSSR count). The number of rotatable bonds is 11. The van der Waals surface area contributed by atoms with Crippen molar-refractivity contribution in [1.82, 2.24) is 39.6 Å². The second kappa shape index (κ2) is 20.7. The fourth-order valence-electron chi connectivity index (χ4n) is 11.1. The number of ether oxygens (including phenoxy) is 1. The third-order valence-corrected chi connectivity index (χ3v) is 14.7. The average Bonchev–Trinajstić information content (AvgIpc) is 4.04. The summed E-state index contributed by atoms with van der Waals surface area (Å²) in [5.74, 6) is -3.15. The number of aromatic hydroxyl groups is 1. The van der Waals surface area contributed by atoms with E-state index in [2.05, 4.69) is 116 Å². The van der Waals surface area contributed by atoms with Gasteiger partial charge in [-0.2, -0.15) is 0 Å². The molecule has 4 amide bonds. The van der Waals surface area contributed by atoms with E-state index in [0.29, 0.717) is 50.9 Å². The van der Waals surface area contributed by atoms with Gasteiger partial charge in [0.05, 0.1) is 24.1 Å². The maximum absolute atomic E-state index is 14.7. The van der Waals surface area contributed by atoms with Gasteiger partial charge in [-0.05, 0) is 129 Å². The number of fused-ring (bicyclic) bond motifs is 7. The molecular weight excluding hydrogens is 897 g/mol. The van der Waals surface area contributed by atoms with Gasteiger partial charge in [-0.1, -0.05) is 58.5 Å². The average molecular weight is 969 g/mol. The van der Waals surface area contributed by atoms with Crippen LogP contribution >= 0.6 is 0 Å². The monoisotopic (exact) mass is 969 g/mol. The first-order valence-corrected chi connectivity index (χ1v) is 25.2. The molecule has 15 heteroatoms. The molecule has 4 atom stereocenters. The van der Waals surface area contributed by atoms with Gasteiger partial charge in [0.25, 0.3) is 0 Å². The third kappa shape index (κ3) is 10.6. The number of nitrogens with one attached hydrogen (secondary N) is 2. The number of hydrogen-bond acceptors (Lipinski definition) is 9. The van der Waals surface area contributed by atoms with Gasteiger partial charge < -0.3 is 39.0 Å². The zero-order chi connectivity index (χ0) is 51.1. The van der Waals surface area contributed by atoms with E-state index in [1.807, 2.05) is 19.9 Å². The number of phenols is 1. The predicted molar refractivity (Wildman–Crippen MR) is 277 cm³/mol. The van der Waals surface area contributed by atoms with Gasteiger partial charge in [0, 0.05) is 86.5 Å². The van der Waals surface area contributed by atoms with E-state index in [1.165, 1.54) is 27.1 Å². The summed E-state index contributed by atoms with van der Waals surface area (Å²) in [6.07, 6.45) is 3.51. The lowest BCUT2D eigenvalue weighted by Crippen LogP contribution is -2.58. The Morgan fingerprint density at radius 3 is 2.45 bits per heavy atom. The SMILES string of the molecule is C=CC(=O)N1CC[C@H](C(=O)N(C)[C@H](C(=O)NC[C@H]2Cc3cc(O)cc(c3)-c3ccc4c(c3)c(c(-c3ccc5cc(CN(C)C)n(C)c5c3)n4CC)CC(C)(C)COC(=O)[C@@H]3CCCN(N3)C2=O)C(C)C)C1. The summed E-state index contributed by atoms with van der Waals surface area (Å²) in [7, 11) is 7.89. The molecule has 2 aromatic heterocycles. The second-order valence-electron chi connectivity index (χ2n) is 21.4. The summed E-state index contributed by atoms with van der Waals surface area (Å²) >= 11 is 0. The molecule has 0 spiro atoms. The van der Waals surface area contributed by atoms with Crippen molar-refractivity contribution in [2.45, 2.75) is 91.9 Å². The minimum absolute atomic E-state index is 0.0408. The fraction of sp³-hybridized carbons (Fsp3) is 0.482. The molecule has 0 aliphatic carbocycles. The van der Waals surface area contributed by atoms with E-state index in [-0.39, 0.29) is 55.5 Å². The van der Waals surface area contributed by atoms with Gasteiger partial charge in [0.15, 0.2) is 0 Å². The van der Waals surface area contributed by atoms with Crippen molar-refractivity contribution in [3.63, 3.8) is 0 Å². The molecule has 3 aliphatic rings. The highest BCUT2D eigenvalue weighted by Gasteiger charge is 2.39. The number of hydrogen-bond donors (Lipinski definition) is 3. The highest BCUT2D eigenvalue weighted by Crippen LogP contribution is 2.41. The maximum atomic E-state index is 14.7. The van der Waals surface area contributed by atoms with Gasteiger partial charge in [-0.3, -0.25) is 29.0 Å². The number of phenolic OH excluding ortho intramolecular Hbond substituents is 1. The Morgan fingerprint density at radius 1 is 0.972 bits per heavy atom. The van der Waals surface area contributed by atoms with Crippen LogP contribution in [0.25, 0.3) is 44.2 Å². The van der Waals surface area contributed by atoms with Crippen molar-refractivity contribution in [3.05, 3.63) is 90.1 Å². The number of carbonyl (C=O) groups excluding carboxylic acids is 5. The van der Waals surface area contributed by atoms with Crippen LogP contribution in [0, 0.1) is 23.2 Å². The van der Waals surface area contributed by atoms with Gasteiger partial charge in [-0.25, -0.2) is 5.43 Å². The van der Waals surface area contributed by atoms with Crippen LogP contribution in [0.5, 0.6) is 5.75 Å². The first kappa shape index (κ1) is 50.9. The maximum Gasteiger partial charge on any atom is 0.324 e. The van der Waals surface area contributed by atoms with Crippen molar-refractivity contribution in [2.75, 3.05) is 53.9 Å². The summed E-state index contributed by atoms with van der Waals surface area (Å²) in [4.78, 5) is 74.3. The van der Waals surface area contributed by atoms with Crippen LogP contribution in [0.1, 0.15) is 70.7 Å². The molecule has 6 bridgehead atoms. The van der Waals surface area contributed by atoms with E-state index < -0.39 is 41.2 Å². The van der Waals surface area contributed by atoms with Crippen LogP contribution < -0.4 is 10.7 Å². The van der Waals surface area contributed by atoms with Gasteiger partial charge in [-0.15, -0.1) is 0 Å². The molecule has 2 saturated heterocycles. The van der Waals surface area contributed by atoms with Gasteiger partial charge >= 0.3 is 5.97 Å². The number of likely N-dealkylation sites (tertiary alicyclic amines) is 1. The van der Waals surface area contributed by atoms with E-state index in [1.54, 1.807) is 24.1 Å². The van der Waals surface area contributed by atoms with Crippen molar-refractivity contribution in [3.8, 4) is 28.1 Å². The van der Waals surface area contributed by atoms with Crippen LogP contribution in [-0.2, 0) is 61.7 Å². The summed E-state index contributed by atoms with van der Waals surface area (Å²) in [5, 5.41) is 18.1. The van der Waals surface area contributed by atoms with Crippen LogP contribution in [0.15, 0.2) is 73.3 Å². The fourth-order valence-corrected chi connectivity index (χ4v) is 11.1. The first-order chi connectivity index (χ1) is 33.8. The van der Waals surface area contributed by atoms with Crippen LogP contribution in [0.3, 0.4) is 0 Å². The van der Waals surface area contributed by atoms with Crippen molar-refractivity contribution in [2.24, 2.45) is 30.2 Å². The van der Waals surface area contributed by atoms with Crippen molar-refractivity contribution >= 4 is 51.4 Å². The number of esters is 1. The number of aryl methyl sites for hydroxylation is 2. The Bertz CT molecular complexity index is 2880. The zero-order valence-corrected chi connectivity index (χ0v) is 43.0. The standard InChI is InChI=1S/C56H72N8O7/c1-11-49(66)62-21-19-39(31-62)53(68)61(10)50(34(3)4)52(67)57-30-41-23-35-22-40(26-43(65)24-35)36-17-18-47-44(27-36)45(29-56(5,6)33-71-55(70)46-14-13-20-64(58-46)54(41)69)51(63(47)12-2)38-16-15-37-25-42(32-59(7)8)60(9)48(37)28-38/h11,15-18,22,24-28,34,39,41,46,50,58,65H,1,12-14,19-21,23,29-33H2,2-10H3,(H,57,67)/t39-,41+,46-,50-/m0/s1. The number of hydrazine groups is 1.